The highest BCUT2D eigenvalue weighted by molar-refractivity contribution is 6.05. The number of ether oxygens (including phenoxy) is 1. The van der Waals surface area contributed by atoms with Crippen LogP contribution in [-0.4, -0.2) is 52.8 Å². The van der Waals surface area contributed by atoms with Crippen LogP contribution in [0.2, 0.25) is 0 Å². The number of amides is 2. The maximum absolute atomic E-state index is 13.5. The normalized spacial score (nSPS) is 14.9. The monoisotopic (exact) mass is 410 g/mol. The molecule has 0 radical (unpaired) electrons. The quantitative estimate of drug-likeness (QED) is 0.840. The number of benzene rings is 1. The zero-order valence-electron chi connectivity index (χ0n) is 16.0. The first-order valence-electron chi connectivity index (χ1n) is 9.11. The molecule has 156 valence electrons. The van der Waals surface area contributed by atoms with Crippen LogP contribution in [0.4, 0.5) is 18.9 Å². The van der Waals surface area contributed by atoms with Gasteiger partial charge in [-0.05, 0) is 32.0 Å². The van der Waals surface area contributed by atoms with Crippen LogP contribution in [0.1, 0.15) is 46.3 Å². The molecule has 2 heterocycles. The lowest BCUT2D eigenvalue weighted by Crippen LogP contribution is -2.40. The smallest absolute Gasteiger partial charge is 0.378 e. The Hall–Kier alpha value is -2.88. The fourth-order valence-corrected chi connectivity index (χ4v) is 3.08. The van der Waals surface area contributed by atoms with Crippen molar-refractivity contribution in [3.05, 3.63) is 47.3 Å². The molecule has 2 aromatic rings. The summed E-state index contributed by atoms with van der Waals surface area (Å²) in [6, 6.07) is 5.53. The van der Waals surface area contributed by atoms with E-state index in [-0.39, 0.29) is 11.6 Å². The van der Waals surface area contributed by atoms with Crippen LogP contribution in [0, 0.1) is 0 Å². The molecule has 0 bridgehead atoms. The molecule has 0 aliphatic carbocycles. The zero-order valence-corrected chi connectivity index (χ0v) is 16.0. The van der Waals surface area contributed by atoms with Crippen molar-refractivity contribution in [2.45, 2.75) is 26.1 Å². The van der Waals surface area contributed by atoms with E-state index in [1.54, 1.807) is 30.9 Å². The second-order valence-electron chi connectivity index (χ2n) is 6.88. The number of rotatable bonds is 4. The topological polar surface area (TPSA) is 76.5 Å². The third kappa shape index (κ3) is 4.58. The van der Waals surface area contributed by atoms with Gasteiger partial charge in [0.15, 0.2) is 5.69 Å². The fourth-order valence-electron chi connectivity index (χ4n) is 3.08. The van der Waals surface area contributed by atoms with E-state index >= 15 is 0 Å². The molecule has 1 aromatic carbocycles. The number of anilines is 1. The number of hydrogen-bond donors (Lipinski definition) is 1. The van der Waals surface area contributed by atoms with Crippen LogP contribution in [-0.2, 0) is 10.9 Å². The molecule has 7 nitrogen and oxygen atoms in total. The van der Waals surface area contributed by atoms with E-state index < -0.39 is 29.4 Å². The minimum Gasteiger partial charge on any atom is -0.378 e. The molecular formula is C19H21F3N4O3. The summed E-state index contributed by atoms with van der Waals surface area (Å²) in [6.45, 7) is 4.90. The SMILES string of the molecule is CC(C)n1ncc(C(=O)Nc2cccc(C(=O)N3CCOCC3)c2)c1C(F)(F)F. The number of morpholine rings is 1. The van der Waals surface area contributed by atoms with Crippen molar-refractivity contribution in [2.75, 3.05) is 31.6 Å². The average Bonchev–Trinajstić information content (AvgIpc) is 3.14. The van der Waals surface area contributed by atoms with Gasteiger partial charge in [0.25, 0.3) is 11.8 Å². The fraction of sp³-hybridized carbons (Fsp3) is 0.421. The number of alkyl halides is 3. The first-order chi connectivity index (χ1) is 13.7. The number of carbonyl (C=O) groups is 2. The molecule has 1 saturated heterocycles. The maximum atomic E-state index is 13.5. The van der Waals surface area contributed by atoms with Gasteiger partial charge >= 0.3 is 6.18 Å². The Labute approximate surface area is 165 Å². The molecule has 3 rings (SSSR count). The van der Waals surface area contributed by atoms with Crippen molar-refractivity contribution >= 4 is 17.5 Å². The Balaban J connectivity index is 1.82. The second-order valence-corrected chi connectivity index (χ2v) is 6.88. The number of hydrogen-bond acceptors (Lipinski definition) is 4. The molecule has 1 N–H and O–H groups in total. The number of nitrogens with zero attached hydrogens (tertiary/aromatic N) is 3. The molecule has 0 saturated carbocycles. The molecule has 1 aliphatic heterocycles. The highest BCUT2D eigenvalue weighted by atomic mass is 19.4. The van der Waals surface area contributed by atoms with Crippen LogP contribution < -0.4 is 5.32 Å². The molecule has 2 amide bonds. The highest BCUT2D eigenvalue weighted by Crippen LogP contribution is 2.34. The van der Waals surface area contributed by atoms with E-state index in [9.17, 15) is 22.8 Å². The molecular weight excluding hydrogens is 389 g/mol. The summed E-state index contributed by atoms with van der Waals surface area (Å²) < 4.78 is 46.4. The third-order valence-corrected chi connectivity index (χ3v) is 4.46. The van der Waals surface area contributed by atoms with E-state index in [1.807, 2.05) is 0 Å². The summed E-state index contributed by atoms with van der Waals surface area (Å²) in [5, 5.41) is 6.15. The van der Waals surface area contributed by atoms with Crippen LogP contribution in [0.3, 0.4) is 0 Å². The molecule has 1 fully saturated rings. The van der Waals surface area contributed by atoms with Gasteiger partial charge in [-0.3, -0.25) is 14.3 Å². The van der Waals surface area contributed by atoms with Gasteiger partial charge in [0.2, 0.25) is 0 Å². The number of carbonyl (C=O) groups excluding carboxylic acids is 2. The summed E-state index contributed by atoms with van der Waals surface area (Å²) in [7, 11) is 0. The first-order valence-corrected chi connectivity index (χ1v) is 9.11. The minimum atomic E-state index is -4.73. The van der Waals surface area contributed by atoms with Crippen LogP contribution in [0.15, 0.2) is 30.5 Å². The summed E-state index contributed by atoms with van der Waals surface area (Å²) in [5.74, 6) is -1.17. The Morgan fingerprint density at radius 1 is 1.21 bits per heavy atom. The van der Waals surface area contributed by atoms with Crippen LogP contribution >= 0.6 is 0 Å². The van der Waals surface area contributed by atoms with Gasteiger partial charge in [0.1, 0.15) is 0 Å². The number of halogens is 3. The first kappa shape index (κ1) is 20.8. The lowest BCUT2D eigenvalue weighted by atomic mass is 10.1. The summed E-state index contributed by atoms with van der Waals surface area (Å²) in [6.07, 6.45) is -3.83. The summed E-state index contributed by atoms with van der Waals surface area (Å²) >= 11 is 0. The van der Waals surface area contributed by atoms with Gasteiger partial charge < -0.3 is 15.0 Å². The molecule has 1 aliphatic rings. The van der Waals surface area contributed by atoms with E-state index in [0.29, 0.717) is 31.9 Å². The third-order valence-electron chi connectivity index (χ3n) is 4.46. The minimum absolute atomic E-state index is 0.222. The van der Waals surface area contributed by atoms with Crippen molar-refractivity contribution < 1.29 is 27.5 Å². The standard InChI is InChI=1S/C19H21F3N4O3/c1-12(2)26-16(19(20,21)22)15(11-23-26)17(27)24-14-5-3-4-13(10-14)18(28)25-6-8-29-9-7-25/h3-5,10-12H,6-9H2,1-2H3,(H,24,27). The van der Waals surface area contributed by atoms with E-state index in [1.165, 1.54) is 12.1 Å². The summed E-state index contributed by atoms with van der Waals surface area (Å²) in [4.78, 5) is 26.7. The molecule has 0 atom stereocenters. The van der Waals surface area contributed by atoms with E-state index in [4.69, 9.17) is 4.74 Å². The van der Waals surface area contributed by atoms with E-state index in [2.05, 4.69) is 10.4 Å². The van der Waals surface area contributed by atoms with Crippen molar-refractivity contribution in [1.29, 1.82) is 0 Å². The highest BCUT2D eigenvalue weighted by Gasteiger charge is 2.40. The Morgan fingerprint density at radius 3 is 2.52 bits per heavy atom. The molecule has 1 aromatic heterocycles. The second kappa shape index (κ2) is 8.24. The van der Waals surface area contributed by atoms with E-state index in [0.717, 1.165) is 10.9 Å². The van der Waals surface area contributed by atoms with Crippen molar-refractivity contribution in [1.82, 2.24) is 14.7 Å². The van der Waals surface area contributed by atoms with Gasteiger partial charge in [0, 0.05) is 30.4 Å². The molecule has 10 heteroatoms. The Morgan fingerprint density at radius 2 is 1.90 bits per heavy atom. The number of nitrogens with one attached hydrogen (secondary N) is 1. The zero-order chi connectivity index (χ0) is 21.2. The van der Waals surface area contributed by atoms with Crippen molar-refractivity contribution in [3.8, 4) is 0 Å². The maximum Gasteiger partial charge on any atom is 0.433 e. The molecule has 29 heavy (non-hydrogen) atoms. The van der Waals surface area contributed by atoms with Crippen molar-refractivity contribution in [2.24, 2.45) is 0 Å². The van der Waals surface area contributed by atoms with Gasteiger partial charge in [-0.1, -0.05) is 6.07 Å². The predicted molar refractivity (Wildman–Crippen MR) is 98.7 cm³/mol. The average molecular weight is 410 g/mol. The Kier molecular flexibility index (Phi) is 5.92. The van der Waals surface area contributed by atoms with Gasteiger partial charge in [0.05, 0.1) is 25.0 Å². The lowest BCUT2D eigenvalue weighted by Gasteiger charge is -2.27. The Bertz CT molecular complexity index is 902. The predicted octanol–water partition coefficient (Wildman–Crippen LogP) is 3.21. The largest absolute Gasteiger partial charge is 0.433 e. The van der Waals surface area contributed by atoms with Gasteiger partial charge in [-0.25, -0.2) is 0 Å². The van der Waals surface area contributed by atoms with Crippen LogP contribution in [0.25, 0.3) is 0 Å². The number of aromatic nitrogens is 2. The van der Waals surface area contributed by atoms with Crippen LogP contribution in [0.5, 0.6) is 0 Å². The molecule has 0 unspecified atom stereocenters. The van der Waals surface area contributed by atoms with Gasteiger partial charge in [-0.2, -0.15) is 18.3 Å². The van der Waals surface area contributed by atoms with Gasteiger partial charge in [-0.15, -0.1) is 0 Å². The molecule has 0 spiro atoms. The van der Waals surface area contributed by atoms with Crippen molar-refractivity contribution in [3.63, 3.8) is 0 Å². The summed E-state index contributed by atoms with van der Waals surface area (Å²) in [5.41, 5.74) is -1.13. The lowest BCUT2D eigenvalue weighted by molar-refractivity contribution is -0.145.